The summed E-state index contributed by atoms with van der Waals surface area (Å²) in [5.74, 6) is -1.19. The lowest BCUT2D eigenvalue weighted by Gasteiger charge is -2.29. The summed E-state index contributed by atoms with van der Waals surface area (Å²) in [4.78, 5) is 26.4. The molecule has 25 heavy (non-hydrogen) atoms. The molecule has 8 nitrogen and oxygen atoms in total. The van der Waals surface area contributed by atoms with Gasteiger partial charge in [0.15, 0.2) is 0 Å². The third kappa shape index (κ3) is 5.50. The van der Waals surface area contributed by atoms with E-state index in [1.807, 2.05) is 12.1 Å². The van der Waals surface area contributed by atoms with Gasteiger partial charge < -0.3 is 15.8 Å². The molecule has 1 atom stereocenters. The van der Waals surface area contributed by atoms with Gasteiger partial charge in [-0.3, -0.25) is 19.7 Å². The topological polar surface area (TPSA) is 117 Å². The van der Waals surface area contributed by atoms with Crippen molar-refractivity contribution in [2.24, 2.45) is 5.73 Å². The molecule has 0 saturated carbocycles. The molecule has 1 aliphatic rings. The number of amides is 2. The summed E-state index contributed by atoms with van der Waals surface area (Å²) in [7, 11) is 0. The van der Waals surface area contributed by atoms with Crippen LogP contribution in [0.3, 0.4) is 0 Å². The van der Waals surface area contributed by atoms with Crippen LogP contribution in [0, 0.1) is 0 Å². The van der Waals surface area contributed by atoms with Crippen LogP contribution >= 0.6 is 0 Å². The average Bonchev–Trinajstić information content (AvgIpc) is 2.59. The molecule has 8 heteroatoms. The van der Waals surface area contributed by atoms with E-state index in [1.165, 1.54) is 5.48 Å². The predicted octanol–water partition coefficient (Wildman–Crippen LogP) is -0.140. The van der Waals surface area contributed by atoms with Crippen molar-refractivity contribution in [2.75, 3.05) is 26.3 Å². The Kier molecular flexibility index (Phi) is 6.49. The molecular weight excluding hydrogens is 324 g/mol. The number of nitrogens with two attached hydrogens (primary N) is 1. The van der Waals surface area contributed by atoms with Crippen molar-refractivity contribution in [2.45, 2.75) is 32.0 Å². The normalized spacial score (nSPS) is 17.0. The van der Waals surface area contributed by atoms with Crippen molar-refractivity contribution in [1.82, 2.24) is 15.7 Å². The van der Waals surface area contributed by atoms with Crippen molar-refractivity contribution in [3.63, 3.8) is 0 Å². The Bertz CT molecular complexity index is 592. The largest absolute Gasteiger partial charge is 0.379 e. The van der Waals surface area contributed by atoms with Gasteiger partial charge in [-0.25, -0.2) is 5.48 Å². The lowest BCUT2D eigenvalue weighted by atomic mass is 9.95. The Labute approximate surface area is 147 Å². The fraction of sp³-hybridized carbons (Fsp3) is 0.529. The second kappa shape index (κ2) is 8.39. The Morgan fingerprint density at radius 3 is 2.40 bits per heavy atom. The SMILES string of the molecule is CC(C)(N)[C@H](NC(=O)c1ccc(CN2CCOCC2)cc1)C(=O)NO. The zero-order chi connectivity index (χ0) is 18.4. The van der Waals surface area contributed by atoms with Crippen molar-refractivity contribution in [3.8, 4) is 0 Å². The molecule has 2 amide bonds. The first kappa shape index (κ1) is 19.3. The molecule has 0 spiro atoms. The molecule has 1 heterocycles. The van der Waals surface area contributed by atoms with E-state index in [0.717, 1.165) is 38.4 Å². The third-order valence-corrected chi connectivity index (χ3v) is 4.12. The Morgan fingerprint density at radius 1 is 1.28 bits per heavy atom. The van der Waals surface area contributed by atoms with Crippen LogP contribution in [0.2, 0.25) is 0 Å². The smallest absolute Gasteiger partial charge is 0.267 e. The summed E-state index contributed by atoms with van der Waals surface area (Å²) in [6, 6.07) is 6.14. The maximum Gasteiger partial charge on any atom is 0.267 e. The van der Waals surface area contributed by atoms with Crippen LogP contribution in [0.25, 0.3) is 0 Å². The number of carbonyl (C=O) groups excluding carboxylic acids is 2. The van der Waals surface area contributed by atoms with E-state index < -0.39 is 23.4 Å². The van der Waals surface area contributed by atoms with Crippen molar-refractivity contribution < 1.29 is 19.5 Å². The van der Waals surface area contributed by atoms with Gasteiger partial charge in [0.05, 0.1) is 13.2 Å². The Hall–Kier alpha value is -2.00. The van der Waals surface area contributed by atoms with Gasteiger partial charge >= 0.3 is 0 Å². The molecule has 5 N–H and O–H groups in total. The van der Waals surface area contributed by atoms with Gasteiger partial charge in [0.25, 0.3) is 11.8 Å². The minimum atomic E-state index is -1.06. The molecule has 0 aromatic heterocycles. The fourth-order valence-corrected chi connectivity index (χ4v) is 2.65. The second-order valence-corrected chi connectivity index (χ2v) is 6.79. The first-order chi connectivity index (χ1) is 11.8. The van der Waals surface area contributed by atoms with E-state index in [9.17, 15) is 9.59 Å². The Balaban J connectivity index is 2.00. The first-order valence-corrected chi connectivity index (χ1v) is 8.24. The van der Waals surface area contributed by atoms with Crippen molar-refractivity contribution >= 4 is 11.8 Å². The van der Waals surface area contributed by atoms with Crippen molar-refractivity contribution in [3.05, 3.63) is 35.4 Å². The lowest BCUT2D eigenvalue weighted by molar-refractivity contribution is -0.132. The zero-order valence-corrected chi connectivity index (χ0v) is 14.6. The van der Waals surface area contributed by atoms with Crippen LogP contribution in [0.15, 0.2) is 24.3 Å². The molecule has 1 fully saturated rings. The van der Waals surface area contributed by atoms with Crippen molar-refractivity contribution in [1.29, 1.82) is 0 Å². The predicted molar refractivity (Wildman–Crippen MR) is 92.0 cm³/mol. The number of morpholine rings is 1. The molecule has 1 saturated heterocycles. The minimum Gasteiger partial charge on any atom is -0.379 e. The fourth-order valence-electron chi connectivity index (χ4n) is 2.65. The standard InChI is InChI=1S/C17H26N4O4/c1-17(2,18)14(16(23)20-24)19-15(22)13-5-3-12(4-6-13)11-21-7-9-25-10-8-21/h3-6,14,24H,7-11,18H2,1-2H3,(H,19,22)(H,20,23)/t14-/m1/s1. The maximum atomic E-state index is 12.4. The van der Waals surface area contributed by atoms with Crippen LogP contribution in [0.1, 0.15) is 29.8 Å². The van der Waals surface area contributed by atoms with Crippen LogP contribution in [0.5, 0.6) is 0 Å². The monoisotopic (exact) mass is 350 g/mol. The number of ether oxygens (including phenoxy) is 1. The summed E-state index contributed by atoms with van der Waals surface area (Å²) < 4.78 is 5.33. The van der Waals surface area contributed by atoms with E-state index in [0.29, 0.717) is 5.56 Å². The van der Waals surface area contributed by atoms with Gasteiger partial charge in [0, 0.05) is 30.7 Å². The number of carbonyl (C=O) groups is 2. The highest BCUT2D eigenvalue weighted by molar-refractivity contribution is 5.97. The zero-order valence-electron chi connectivity index (χ0n) is 14.6. The van der Waals surface area contributed by atoms with Crippen LogP contribution in [-0.4, -0.2) is 59.8 Å². The van der Waals surface area contributed by atoms with Gasteiger partial charge in [-0.1, -0.05) is 12.1 Å². The summed E-state index contributed by atoms with van der Waals surface area (Å²) >= 11 is 0. The summed E-state index contributed by atoms with van der Waals surface area (Å²) in [5, 5.41) is 11.4. The van der Waals surface area contributed by atoms with E-state index in [-0.39, 0.29) is 0 Å². The minimum absolute atomic E-state index is 0.422. The molecule has 1 aliphatic heterocycles. The summed E-state index contributed by atoms with van der Waals surface area (Å²) in [5.41, 5.74) is 7.93. The average molecular weight is 350 g/mol. The highest BCUT2D eigenvalue weighted by Gasteiger charge is 2.33. The van der Waals surface area contributed by atoms with E-state index in [2.05, 4.69) is 10.2 Å². The van der Waals surface area contributed by atoms with Gasteiger partial charge in [0.1, 0.15) is 6.04 Å². The number of nitrogens with one attached hydrogen (secondary N) is 2. The van der Waals surface area contributed by atoms with Crippen LogP contribution in [0.4, 0.5) is 0 Å². The first-order valence-electron chi connectivity index (χ1n) is 8.24. The molecule has 138 valence electrons. The molecule has 1 aromatic carbocycles. The van der Waals surface area contributed by atoms with Gasteiger partial charge in [-0.05, 0) is 31.5 Å². The van der Waals surface area contributed by atoms with Gasteiger partial charge in [0.2, 0.25) is 0 Å². The number of benzene rings is 1. The van der Waals surface area contributed by atoms with E-state index in [1.54, 1.807) is 26.0 Å². The summed E-state index contributed by atoms with van der Waals surface area (Å²) in [6.07, 6.45) is 0. The number of rotatable bonds is 6. The van der Waals surface area contributed by atoms with Crippen LogP contribution in [-0.2, 0) is 16.1 Å². The quantitative estimate of drug-likeness (QED) is 0.419. The molecule has 0 radical (unpaired) electrons. The number of nitrogens with zero attached hydrogens (tertiary/aromatic N) is 1. The van der Waals surface area contributed by atoms with E-state index >= 15 is 0 Å². The molecular formula is C17H26N4O4. The Morgan fingerprint density at radius 2 is 1.88 bits per heavy atom. The number of hydrogen-bond acceptors (Lipinski definition) is 6. The second-order valence-electron chi connectivity index (χ2n) is 6.79. The molecule has 2 rings (SSSR count). The number of hydroxylamine groups is 1. The third-order valence-electron chi connectivity index (χ3n) is 4.12. The maximum absolute atomic E-state index is 12.4. The molecule has 0 unspecified atom stereocenters. The molecule has 1 aromatic rings. The molecule has 0 bridgehead atoms. The highest BCUT2D eigenvalue weighted by Crippen LogP contribution is 2.11. The van der Waals surface area contributed by atoms with E-state index in [4.69, 9.17) is 15.7 Å². The highest BCUT2D eigenvalue weighted by atomic mass is 16.5. The number of hydrogen-bond donors (Lipinski definition) is 4. The molecule has 0 aliphatic carbocycles. The van der Waals surface area contributed by atoms with Gasteiger partial charge in [-0.2, -0.15) is 0 Å². The lowest BCUT2D eigenvalue weighted by Crippen LogP contribution is -2.61. The van der Waals surface area contributed by atoms with Crippen LogP contribution < -0.4 is 16.5 Å². The van der Waals surface area contributed by atoms with Gasteiger partial charge in [-0.15, -0.1) is 0 Å². The summed E-state index contributed by atoms with van der Waals surface area (Å²) in [6.45, 7) is 7.26.